The van der Waals surface area contributed by atoms with Crippen LogP contribution >= 0.6 is 11.8 Å². The van der Waals surface area contributed by atoms with Crippen molar-refractivity contribution >= 4 is 28.7 Å². The maximum absolute atomic E-state index is 12.3. The number of amides is 1. The van der Waals surface area contributed by atoms with Crippen molar-refractivity contribution in [3.63, 3.8) is 0 Å². The number of fused-ring (bicyclic) bond motifs is 1. The third kappa shape index (κ3) is 5.14. The van der Waals surface area contributed by atoms with Crippen molar-refractivity contribution in [2.45, 2.75) is 43.8 Å². The van der Waals surface area contributed by atoms with Crippen LogP contribution in [-0.4, -0.2) is 26.5 Å². The van der Waals surface area contributed by atoms with E-state index in [1.54, 1.807) is 18.0 Å². The van der Waals surface area contributed by atoms with Gasteiger partial charge in [0.1, 0.15) is 0 Å². The molecule has 1 N–H and O–H groups in total. The summed E-state index contributed by atoms with van der Waals surface area (Å²) in [5.74, 6) is 0.754. The van der Waals surface area contributed by atoms with Gasteiger partial charge in [-0.05, 0) is 42.7 Å². The Balaban J connectivity index is 1.50. The lowest BCUT2D eigenvalue weighted by molar-refractivity contribution is 0.0939. The summed E-state index contributed by atoms with van der Waals surface area (Å²) in [5.41, 5.74) is 5.05. The largest absolute Gasteiger partial charge is 0.350 e. The number of hydrogen-bond acceptors (Lipinski definition) is 4. The number of carbonyl (C=O) groups excluding carboxylic acids is 1. The maximum Gasteiger partial charge on any atom is 0.251 e. The highest BCUT2D eigenvalue weighted by atomic mass is 32.2. The first-order valence-corrected chi connectivity index (χ1v) is 11.5. The van der Waals surface area contributed by atoms with Crippen LogP contribution in [0.4, 0.5) is 0 Å². The molecule has 0 aliphatic rings. The first kappa shape index (κ1) is 21.1. The standard InChI is InChI=1S/C25H26N4OS/c1-3-18(2)27-24(30)21-11-9-20(10-12-21)17-31-25-28-22-13-14-26-15-23(22)29(25)16-19-7-5-4-6-8-19/h4-15,18H,3,16-17H2,1-2H3,(H,27,30)/t18-/m1/s1. The van der Waals surface area contributed by atoms with Crippen molar-refractivity contribution in [2.24, 2.45) is 0 Å². The lowest BCUT2D eigenvalue weighted by Gasteiger charge is -2.12. The van der Waals surface area contributed by atoms with Crippen LogP contribution in [0.15, 0.2) is 78.2 Å². The van der Waals surface area contributed by atoms with Crippen LogP contribution in [0.5, 0.6) is 0 Å². The van der Waals surface area contributed by atoms with Gasteiger partial charge in [-0.25, -0.2) is 4.98 Å². The average Bonchev–Trinajstić information content (AvgIpc) is 3.16. The Hall–Kier alpha value is -3.12. The van der Waals surface area contributed by atoms with Gasteiger partial charge in [0.05, 0.1) is 23.8 Å². The fourth-order valence-corrected chi connectivity index (χ4v) is 4.26. The molecule has 0 aliphatic heterocycles. The Kier molecular flexibility index (Phi) is 6.67. The second-order valence-electron chi connectivity index (χ2n) is 7.60. The van der Waals surface area contributed by atoms with Gasteiger partial charge in [0.25, 0.3) is 5.91 Å². The van der Waals surface area contributed by atoms with E-state index in [4.69, 9.17) is 4.98 Å². The van der Waals surface area contributed by atoms with E-state index in [0.717, 1.165) is 40.5 Å². The molecule has 0 radical (unpaired) electrons. The second kappa shape index (κ2) is 9.79. The quantitative estimate of drug-likeness (QED) is 0.385. The van der Waals surface area contributed by atoms with Gasteiger partial charge in [-0.1, -0.05) is 61.2 Å². The number of pyridine rings is 1. The summed E-state index contributed by atoms with van der Waals surface area (Å²) in [6, 6.07) is 20.3. The molecule has 2 aromatic carbocycles. The summed E-state index contributed by atoms with van der Waals surface area (Å²) >= 11 is 1.70. The highest BCUT2D eigenvalue weighted by Gasteiger charge is 2.13. The number of imidazole rings is 1. The summed E-state index contributed by atoms with van der Waals surface area (Å²) in [6.45, 7) is 4.83. The zero-order chi connectivity index (χ0) is 21.6. The topological polar surface area (TPSA) is 59.8 Å². The first-order valence-electron chi connectivity index (χ1n) is 10.5. The van der Waals surface area contributed by atoms with Gasteiger partial charge in [-0.15, -0.1) is 0 Å². The summed E-state index contributed by atoms with van der Waals surface area (Å²) in [4.78, 5) is 21.4. The van der Waals surface area contributed by atoms with E-state index in [2.05, 4.69) is 46.1 Å². The average molecular weight is 431 g/mol. The number of carbonyl (C=O) groups is 1. The monoisotopic (exact) mass is 430 g/mol. The molecule has 6 heteroatoms. The van der Waals surface area contributed by atoms with Crippen molar-refractivity contribution in [1.82, 2.24) is 19.9 Å². The van der Waals surface area contributed by atoms with Crippen LogP contribution in [0, 0.1) is 0 Å². The van der Waals surface area contributed by atoms with Crippen molar-refractivity contribution in [3.8, 4) is 0 Å². The molecule has 1 amide bonds. The molecule has 0 unspecified atom stereocenters. The number of rotatable bonds is 8. The van der Waals surface area contributed by atoms with E-state index in [1.807, 2.05) is 49.5 Å². The molecular formula is C25H26N4OS. The summed E-state index contributed by atoms with van der Waals surface area (Å²) < 4.78 is 2.22. The molecule has 0 fully saturated rings. The number of benzene rings is 2. The number of thioether (sulfide) groups is 1. The third-order valence-electron chi connectivity index (χ3n) is 5.27. The van der Waals surface area contributed by atoms with Gasteiger partial charge < -0.3 is 9.88 Å². The van der Waals surface area contributed by atoms with Gasteiger partial charge in [-0.3, -0.25) is 9.78 Å². The fraction of sp³-hybridized carbons (Fsp3) is 0.240. The molecule has 0 saturated heterocycles. The predicted molar refractivity (Wildman–Crippen MR) is 126 cm³/mol. The molecule has 31 heavy (non-hydrogen) atoms. The Labute approximate surface area is 186 Å². The van der Waals surface area contributed by atoms with E-state index in [0.29, 0.717) is 5.56 Å². The number of nitrogens with zero attached hydrogens (tertiary/aromatic N) is 3. The van der Waals surface area contributed by atoms with Crippen LogP contribution in [-0.2, 0) is 12.3 Å². The molecule has 5 nitrogen and oxygen atoms in total. The lowest BCUT2D eigenvalue weighted by atomic mass is 10.1. The molecule has 2 heterocycles. The lowest BCUT2D eigenvalue weighted by Crippen LogP contribution is -2.31. The van der Waals surface area contributed by atoms with Gasteiger partial charge in [-0.2, -0.15) is 0 Å². The number of nitrogens with one attached hydrogen (secondary N) is 1. The molecule has 4 aromatic rings. The molecule has 0 saturated carbocycles. The van der Waals surface area contributed by atoms with Crippen LogP contribution in [0.2, 0.25) is 0 Å². The van der Waals surface area contributed by atoms with Gasteiger partial charge in [0.15, 0.2) is 5.16 Å². The molecule has 4 rings (SSSR count). The van der Waals surface area contributed by atoms with Crippen molar-refractivity contribution in [1.29, 1.82) is 0 Å². The first-order chi connectivity index (χ1) is 15.1. The van der Waals surface area contributed by atoms with Gasteiger partial charge in [0.2, 0.25) is 0 Å². The summed E-state index contributed by atoms with van der Waals surface area (Å²) in [7, 11) is 0. The molecular weight excluding hydrogens is 404 g/mol. The van der Waals surface area contributed by atoms with Gasteiger partial charge >= 0.3 is 0 Å². The maximum atomic E-state index is 12.3. The molecule has 0 bridgehead atoms. The Morgan fingerprint density at radius 2 is 1.84 bits per heavy atom. The molecule has 0 spiro atoms. The minimum atomic E-state index is -0.0225. The van der Waals surface area contributed by atoms with E-state index in [1.165, 1.54) is 5.56 Å². The van der Waals surface area contributed by atoms with Crippen molar-refractivity contribution in [3.05, 3.63) is 89.7 Å². The Bertz CT molecular complexity index is 1160. The highest BCUT2D eigenvalue weighted by Crippen LogP contribution is 2.27. The smallest absolute Gasteiger partial charge is 0.251 e. The third-order valence-corrected chi connectivity index (χ3v) is 6.32. The van der Waals surface area contributed by atoms with E-state index < -0.39 is 0 Å². The zero-order valence-electron chi connectivity index (χ0n) is 17.8. The van der Waals surface area contributed by atoms with Crippen LogP contribution in [0.3, 0.4) is 0 Å². The predicted octanol–water partition coefficient (Wildman–Crippen LogP) is 5.30. The zero-order valence-corrected chi connectivity index (χ0v) is 18.6. The van der Waals surface area contributed by atoms with Crippen LogP contribution < -0.4 is 5.32 Å². The minimum Gasteiger partial charge on any atom is -0.350 e. The van der Waals surface area contributed by atoms with E-state index in [-0.39, 0.29) is 11.9 Å². The summed E-state index contributed by atoms with van der Waals surface area (Å²) in [6.07, 6.45) is 4.57. The van der Waals surface area contributed by atoms with Gasteiger partial charge in [0, 0.05) is 23.6 Å². The van der Waals surface area contributed by atoms with Crippen molar-refractivity contribution < 1.29 is 4.79 Å². The Morgan fingerprint density at radius 1 is 1.06 bits per heavy atom. The molecule has 158 valence electrons. The second-order valence-corrected chi connectivity index (χ2v) is 8.54. The Morgan fingerprint density at radius 3 is 2.58 bits per heavy atom. The van der Waals surface area contributed by atoms with Crippen LogP contribution in [0.1, 0.15) is 41.8 Å². The fourth-order valence-electron chi connectivity index (χ4n) is 3.29. The molecule has 2 aromatic heterocycles. The molecule has 1 atom stereocenters. The normalized spacial score (nSPS) is 12.1. The number of aromatic nitrogens is 3. The van der Waals surface area contributed by atoms with Crippen LogP contribution in [0.25, 0.3) is 11.0 Å². The van der Waals surface area contributed by atoms with E-state index in [9.17, 15) is 4.79 Å². The van der Waals surface area contributed by atoms with Crippen molar-refractivity contribution in [2.75, 3.05) is 0 Å². The highest BCUT2D eigenvalue weighted by molar-refractivity contribution is 7.98. The molecule has 0 aliphatic carbocycles. The summed E-state index contributed by atoms with van der Waals surface area (Å²) in [5, 5.41) is 3.97. The van der Waals surface area contributed by atoms with E-state index >= 15 is 0 Å². The SMILES string of the molecule is CC[C@@H](C)NC(=O)c1ccc(CSc2nc3ccncc3n2Cc2ccccc2)cc1. The minimum absolute atomic E-state index is 0.0225. The number of hydrogen-bond donors (Lipinski definition) is 1.